The molecule has 10 atom stereocenters. The Labute approximate surface area is 174 Å². The van der Waals surface area contributed by atoms with E-state index >= 15 is 0 Å². The highest BCUT2D eigenvalue weighted by atomic mass is 32.3. The SMILES string of the molecule is CC(=O)N[C@H]1C(O)O[C@H](CO)[C@@H](O[C@@H]2O[C@@H](C(=O)O)[C@@H](O)[C@H](O)[C@H]2OS(=O)(=O)O)[C@@H]1O. The molecule has 17 heteroatoms. The second-order valence-electron chi connectivity index (χ2n) is 6.80. The van der Waals surface area contributed by atoms with Crippen molar-refractivity contribution in [3.05, 3.63) is 0 Å². The first kappa shape index (κ1) is 25.7. The highest BCUT2D eigenvalue weighted by Crippen LogP contribution is 2.30. The highest BCUT2D eigenvalue weighted by Gasteiger charge is 2.54. The van der Waals surface area contributed by atoms with Gasteiger partial charge in [0.25, 0.3) is 0 Å². The van der Waals surface area contributed by atoms with Crippen molar-refractivity contribution in [2.45, 2.75) is 68.3 Å². The number of hydrogen-bond acceptors (Lipinski definition) is 13. The molecule has 0 aromatic rings. The predicted molar refractivity (Wildman–Crippen MR) is 91.2 cm³/mol. The maximum Gasteiger partial charge on any atom is 0.397 e. The monoisotopic (exact) mass is 477 g/mol. The number of hydrogen-bond donors (Lipinski definition) is 8. The fourth-order valence-corrected chi connectivity index (χ4v) is 3.67. The average molecular weight is 477 g/mol. The predicted octanol–water partition coefficient (Wildman–Crippen LogP) is -5.33. The molecule has 8 N–H and O–H groups in total. The van der Waals surface area contributed by atoms with Gasteiger partial charge in [-0.15, -0.1) is 0 Å². The van der Waals surface area contributed by atoms with Crippen molar-refractivity contribution >= 4 is 22.3 Å². The van der Waals surface area contributed by atoms with Gasteiger partial charge in [-0.2, -0.15) is 8.42 Å². The first-order chi connectivity index (χ1) is 14.3. The molecule has 2 aliphatic rings. The summed E-state index contributed by atoms with van der Waals surface area (Å²) in [5, 5.41) is 61.2. The Morgan fingerprint density at radius 1 is 1.03 bits per heavy atom. The fraction of sp³-hybridized carbons (Fsp3) is 0.857. The number of aliphatic hydroxyl groups is 5. The molecule has 2 aliphatic heterocycles. The zero-order valence-electron chi connectivity index (χ0n) is 15.8. The zero-order valence-corrected chi connectivity index (χ0v) is 16.6. The maximum atomic E-state index is 11.3. The molecule has 1 amide bonds. The minimum atomic E-state index is -5.28. The van der Waals surface area contributed by atoms with Crippen LogP contribution >= 0.6 is 0 Å². The standard InChI is InChI=1S/C14H23NO15S/c1-3(17)15-5-6(18)9(4(2-16)27-13(5)23)28-14-11(30-31(24,25)26)8(20)7(19)10(29-14)12(21)22/h4-11,13-14,16,18-20,23H,2H2,1H3,(H,15,17)(H,21,22)(H,24,25,26)/t4-,5-,6-,7+,8+,9-,10-,11-,13?,14-/m1/s1. The molecule has 180 valence electrons. The molecule has 2 fully saturated rings. The molecule has 0 spiro atoms. The first-order valence-electron chi connectivity index (χ1n) is 8.72. The Morgan fingerprint density at radius 3 is 2.13 bits per heavy atom. The third-order valence-corrected chi connectivity index (χ3v) is 5.02. The molecule has 0 aromatic carbocycles. The second kappa shape index (κ2) is 9.96. The third kappa shape index (κ3) is 6.05. The van der Waals surface area contributed by atoms with E-state index in [2.05, 4.69) is 9.50 Å². The normalized spacial score (nSPS) is 41.5. The van der Waals surface area contributed by atoms with Gasteiger partial charge in [0.2, 0.25) is 5.91 Å². The minimum absolute atomic E-state index is 0.695. The van der Waals surface area contributed by atoms with E-state index in [1.54, 1.807) is 0 Å². The van der Waals surface area contributed by atoms with Gasteiger partial charge in [-0.1, -0.05) is 0 Å². The Balaban J connectivity index is 2.35. The van der Waals surface area contributed by atoms with E-state index in [0.717, 1.165) is 6.92 Å². The van der Waals surface area contributed by atoms with Crippen LogP contribution in [0.25, 0.3) is 0 Å². The van der Waals surface area contributed by atoms with Crippen LogP contribution in [0.2, 0.25) is 0 Å². The lowest BCUT2D eigenvalue weighted by molar-refractivity contribution is -0.337. The zero-order chi connectivity index (χ0) is 23.7. The van der Waals surface area contributed by atoms with Crippen molar-refractivity contribution in [3.63, 3.8) is 0 Å². The summed E-state index contributed by atoms with van der Waals surface area (Å²) >= 11 is 0. The maximum absolute atomic E-state index is 11.3. The van der Waals surface area contributed by atoms with E-state index in [1.807, 2.05) is 0 Å². The van der Waals surface area contributed by atoms with Gasteiger partial charge >= 0.3 is 16.4 Å². The average Bonchev–Trinajstić information content (AvgIpc) is 2.64. The molecule has 0 saturated carbocycles. The van der Waals surface area contributed by atoms with Crippen LogP contribution in [-0.2, 0) is 38.4 Å². The van der Waals surface area contributed by atoms with Gasteiger partial charge in [-0.25, -0.2) is 8.98 Å². The minimum Gasteiger partial charge on any atom is -0.479 e. The summed E-state index contributed by atoms with van der Waals surface area (Å²) in [6.45, 7) is 0.179. The summed E-state index contributed by atoms with van der Waals surface area (Å²) in [6, 6.07) is -1.50. The molecule has 0 bridgehead atoms. The number of nitrogens with one attached hydrogen (secondary N) is 1. The lowest BCUT2D eigenvalue weighted by Gasteiger charge is -2.46. The van der Waals surface area contributed by atoms with Crippen molar-refractivity contribution in [1.29, 1.82) is 0 Å². The van der Waals surface area contributed by atoms with Gasteiger partial charge in [-0.05, 0) is 0 Å². The molecule has 2 saturated heterocycles. The summed E-state index contributed by atoms with van der Waals surface area (Å²) < 4.78 is 50.7. The van der Waals surface area contributed by atoms with Gasteiger partial charge in [-0.3, -0.25) is 9.35 Å². The molecular weight excluding hydrogens is 454 g/mol. The van der Waals surface area contributed by atoms with E-state index in [1.165, 1.54) is 0 Å². The third-order valence-electron chi connectivity index (χ3n) is 4.56. The van der Waals surface area contributed by atoms with Gasteiger partial charge in [0.15, 0.2) is 24.8 Å². The molecule has 0 radical (unpaired) electrons. The Kier molecular flexibility index (Phi) is 8.27. The van der Waals surface area contributed by atoms with Gasteiger partial charge < -0.3 is 50.2 Å². The molecule has 2 heterocycles. The summed E-state index contributed by atoms with van der Waals surface area (Å²) in [5.74, 6) is -2.48. The number of carboxylic acid groups (broad SMARTS) is 1. The largest absolute Gasteiger partial charge is 0.479 e. The first-order valence-corrected chi connectivity index (χ1v) is 10.1. The Hall–Kier alpha value is -1.51. The van der Waals surface area contributed by atoms with Crippen molar-refractivity contribution < 1.29 is 71.6 Å². The summed E-state index contributed by atoms with van der Waals surface area (Å²) in [7, 11) is -5.28. The number of aliphatic carboxylic acids is 1. The quantitative estimate of drug-likeness (QED) is 0.159. The number of carbonyl (C=O) groups excluding carboxylic acids is 1. The Morgan fingerprint density at radius 2 is 1.65 bits per heavy atom. The van der Waals surface area contributed by atoms with E-state index in [4.69, 9.17) is 23.9 Å². The molecule has 16 nitrogen and oxygen atoms in total. The summed E-state index contributed by atoms with van der Waals surface area (Å²) in [5.41, 5.74) is 0. The lowest BCUT2D eigenvalue weighted by atomic mass is 9.95. The molecular formula is C14H23NO15S. The van der Waals surface area contributed by atoms with Gasteiger partial charge in [0.1, 0.15) is 36.6 Å². The van der Waals surface area contributed by atoms with Gasteiger partial charge in [0, 0.05) is 6.92 Å². The number of carbonyl (C=O) groups is 2. The number of amides is 1. The van der Waals surface area contributed by atoms with Crippen LogP contribution in [0.1, 0.15) is 6.92 Å². The Bertz CT molecular complexity index is 761. The van der Waals surface area contributed by atoms with Crippen LogP contribution < -0.4 is 5.32 Å². The van der Waals surface area contributed by atoms with E-state index < -0.39 is 90.2 Å². The van der Waals surface area contributed by atoms with Crippen LogP contribution in [0.3, 0.4) is 0 Å². The molecule has 2 rings (SSSR count). The molecule has 0 aromatic heterocycles. The summed E-state index contributed by atoms with van der Waals surface area (Å²) in [6.07, 6.45) is -17.8. The number of rotatable bonds is 7. The number of carboxylic acids is 1. The van der Waals surface area contributed by atoms with E-state index in [9.17, 15) is 43.5 Å². The molecule has 31 heavy (non-hydrogen) atoms. The van der Waals surface area contributed by atoms with E-state index in [0.29, 0.717) is 0 Å². The number of aliphatic hydroxyl groups excluding tert-OH is 5. The highest BCUT2D eigenvalue weighted by molar-refractivity contribution is 7.80. The molecule has 1 unspecified atom stereocenters. The van der Waals surface area contributed by atoms with Crippen LogP contribution in [-0.4, -0.2) is 123 Å². The lowest BCUT2D eigenvalue weighted by Crippen LogP contribution is -2.67. The smallest absolute Gasteiger partial charge is 0.397 e. The van der Waals surface area contributed by atoms with Crippen LogP contribution in [0.4, 0.5) is 0 Å². The van der Waals surface area contributed by atoms with Crippen molar-refractivity contribution in [2.24, 2.45) is 0 Å². The second-order valence-corrected chi connectivity index (χ2v) is 7.85. The fourth-order valence-electron chi connectivity index (χ4n) is 3.19. The van der Waals surface area contributed by atoms with Crippen LogP contribution in [0, 0.1) is 0 Å². The summed E-state index contributed by atoms with van der Waals surface area (Å²) in [4.78, 5) is 22.6. The molecule has 0 aliphatic carbocycles. The van der Waals surface area contributed by atoms with Crippen molar-refractivity contribution in [1.82, 2.24) is 5.32 Å². The van der Waals surface area contributed by atoms with Crippen LogP contribution in [0.15, 0.2) is 0 Å². The van der Waals surface area contributed by atoms with Crippen LogP contribution in [0.5, 0.6) is 0 Å². The number of ether oxygens (including phenoxy) is 3. The topological polar surface area (TPSA) is 259 Å². The van der Waals surface area contributed by atoms with Crippen molar-refractivity contribution in [3.8, 4) is 0 Å². The van der Waals surface area contributed by atoms with E-state index in [-0.39, 0.29) is 0 Å². The van der Waals surface area contributed by atoms with Crippen molar-refractivity contribution in [2.75, 3.05) is 6.61 Å². The van der Waals surface area contributed by atoms with Gasteiger partial charge in [0.05, 0.1) is 6.61 Å².